The number of benzene rings is 1. The first-order chi connectivity index (χ1) is 11.0. The first-order valence-corrected chi connectivity index (χ1v) is 7.13. The summed E-state index contributed by atoms with van der Waals surface area (Å²) in [7, 11) is 1.29. The zero-order valence-electron chi connectivity index (χ0n) is 12.3. The molecule has 0 saturated carbocycles. The SMILES string of the molecule is COC1OC(CO)C(O)C(O)C1N1C(=O)c2ccccc2C1=O. The molecule has 8 nitrogen and oxygen atoms in total. The van der Waals surface area contributed by atoms with Crippen LogP contribution in [0.25, 0.3) is 0 Å². The zero-order valence-corrected chi connectivity index (χ0v) is 12.3. The van der Waals surface area contributed by atoms with E-state index < -0.39 is 49.1 Å². The van der Waals surface area contributed by atoms with Gasteiger partial charge in [-0.2, -0.15) is 0 Å². The Bertz CT molecular complexity index is 597. The predicted molar refractivity (Wildman–Crippen MR) is 75.5 cm³/mol. The first kappa shape index (κ1) is 16.0. The minimum absolute atomic E-state index is 0.221. The second-order valence-electron chi connectivity index (χ2n) is 5.46. The van der Waals surface area contributed by atoms with Gasteiger partial charge in [-0.1, -0.05) is 12.1 Å². The van der Waals surface area contributed by atoms with Crippen molar-refractivity contribution in [2.75, 3.05) is 13.7 Å². The molecule has 0 spiro atoms. The average Bonchev–Trinajstić information content (AvgIpc) is 2.82. The number of carbonyl (C=O) groups excluding carboxylic acids is 2. The lowest BCUT2D eigenvalue weighted by atomic mass is 9.95. The van der Waals surface area contributed by atoms with Crippen molar-refractivity contribution < 1.29 is 34.4 Å². The van der Waals surface area contributed by atoms with Crippen LogP contribution in [-0.4, -0.2) is 76.4 Å². The molecule has 0 aromatic heterocycles. The van der Waals surface area contributed by atoms with E-state index in [0.717, 1.165) is 4.90 Å². The number of methoxy groups -OCH3 is 1. The summed E-state index contributed by atoms with van der Waals surface area (Å²) in [5.74, 6) is -1.18. The van der Waals surface area contributed by atoms with Gasteiger partial charge in [-0.3, -0.25) is 14.5 Å². The fourth-order valence-corrected chi connectivity index (χ4v) is 3.02. The molecule has 23 heavy (non-hydrogen) atoms. The van der Waals surface area contributed by atoms with Crippen molar-refractivity contribution in [2.45, 2.75) is 30.6 Å². The van der Waals surface area contributed by atoms with Crippen LogP contribution in [0, 0.1) is 0 Å². The normalized spacial score (nSPS) is 33.9. The minimum Gasteiger partial charge on any atom is -0.394 e. The average molecular weight is 323 g/mol. The summed E-state index contributed by atoms with van der Waals surface area (Å²) >= 11 is 0. The van der Waals surface area contributed by atoms with Crippen molar-refractivity contribution >= 4 is 11.8 Å². The number of hydrogen-bond acceptors (Lipinski definition) is 7. The van der Waals surface area contributed by atoms with Crippen LogP contribution in [0.2, 0.25) is 0 Å². The third-order valence-corrected chi connectivity index (χ3v) is 4.20. The Labute approximate surface area is 131 Å². The number of imide groups is 1. The van der Waals surface area contributed by atoms with Crippen LogP contribution >= 0.6 is 0 Å². The molecular formula is C15H17NO7. The number of hydrogen-bond donors (Lipinski definition) is 3. The van der Waals surface area contributed by atoms with E-state index in [1.165, 1.54) is 19.2 Å². The molecule has 124 valence electrons. The molecular weight excluding hydrogens is 306 g/mol. The fraction of sp³-hybridized carbons (Fsp3) is 0.467. The number of fused-ring (bicyclic) bond motifs is 1. The Morgan fingerprint density at radius 1 is 1.13 bits per heavy atom. The van der Waals surface area contributed by atoms with Crippen molar-refractivity contribution in [3.05, 3.63) is 35.4 Å². The molecule has 0 radical (unpaired) electrons. The van der Waals surface area contributed by atoms with Crippen LogP contribution < -0.4 is 0 Å². The van der Waals surface area contributed by atoms with E-state index in [-0.39, 0.29) is 11.1 Å². The van der Waals surface area contributed by atoms with Crippen LogP contribution in [0.3, 0.4) is 0 Å². The van der Waals surface area contributed by atoms with E-state index in [1.54, 1.807) is 12.1 Å². The van der Waals surface area contributed by atoms with Gasteiger partial charge in [0.25, 0.3) is 11.8 Å². The Kier molecular flexibility index (Phi) is 4.17. The van der Waals surface area contributed by atoms with E-state index in [0.29, 0.717) is 0 Å². The minimum atomic E-state index is -1.51. The van der Waals surface area contributed by atoms with Gasteiger partial charge in [0.15, 0.2) is 6.29 Å². The van der Waals surface area contributed by atoms with E-state index in [1.807, 2.05) is 0 Å². The summed E-state index contributed by atoms with van der Waals surface area (Å²) < 4.78 is 10.5. The Morgan fingerprint density at radius 3 is 2.17 bits per heavy atom. The maximum Gasteiger partial charge on any atom is 0.262 e. The topological polar surface area (TPSA) is 117 Å². The number of amides is 2. The lowest BCUT2D eigenvalue weighted by molar-refractivity contribution is -0.272. The van der Waals surface area contributed by atoms with Crippen LogP contribution in [0.1, 0.15) is 20.7 Å². The summed E-state index contributed by atoms with van der Waals surface area (Å²) in [6, 6.07) is 5.07. The monoisotopic (exact) mass is 323 g/mol. The number of aliphatic hydroxyl groups is 3. The quantitative estimate of drug-likeness (QED) is 0.594. The van der Waals surface area contributed by atoms with Gasteiger partial charge in [0.1, 0.15) is 24.4 Å². The van der Waals surface area contributed by atoms with Gasteiger partial charge in [0.05, 0.1) is 17.7 Å². The van der Waals surface area contributed by atoms with Crippen molar-refractivity contribution in [3.63, 3.8) is 0 Å². The molecule has 0 aliphatic carbocycles. The summed E-state index contributed by atoms with van der Waals surface area (Å²) in [5, 5.41) is 29.6. The van der Waals surface area contributed by atoms with Crippen LogP contribution in [0.4, 0.5) is 0 Å². The van der Waals surface area contributed by atoms with Gasteiger partial charge in [-0.05, 0) is 12.1 Å². The highest BCUT2D eigenvalue weighted by atomic mass is 16.7. The lowest BCUT2D eigenvalue weighted by Crippen LogP contribution is -2.65. The molecule has 1 aromatic carbocycles. The second-order valence-corrected chi connectivity index (χ2v) is 5.46. The molecule has 5 atom stereocenters. The number of rotatable bonds is 3. The van der Waals surface area contributed by atoms with Gasteiger partial charge in [-0.15, -0.1) is 0 Å². The van der Waals surface area contributed by atoms with E-state index in [9.17, 15) is 24.9 Å². The lowest BCUT2D eigenvalue weighted by Gasteiger charge is -2.44. The molecule has 8 heteroatoms. The van der Waals surface area contributed by atoms with E-state index in [2.05, 4.69) is 0 Å². The van der Waals surface area contributed by atoms with Crippen molar-refractivity contribution in [2.24, 2.45) is 0 Å². The summed E-state index contributed by atoms with van der Waals surface area (Å²) in [5.41, 5.74) is 0.441. The summed E-state index contributed by atoms with van der Waals surface area (Å²) in [6.45, 7) is -0.535. The van der Waals surface area contributed by atoms with Gasteiger partial charge in [0.2, 0.25) is 0 Å². The van der Waals surface area contributed by atoms with Crippen LogP contribution in [0.15, 0.2) is 24.3 Å². The molecule has 2 aliphatic heterocycles. The fourth-order valence-electron chi connectivity index (χ4n) is 3.02. The Morgan fingerprint density at radius 2 is 1.70 bits per heavy atom. The molecule has 5 unspecified atom stereocenters. The first-order valence-electron chi connectivity index (χ1n) is 7.13. The summed E-state index contributed by atoms with van der Waals surface area (Å²) in [6.07, 6.45) is -5.19. The van der Waals surface area contributed by atoms with Gasteiger partial charge >= 0.3 is 0 Å². The third-order valence-electron chi connectivity index (χ3n) is 4.20. The molecule has 1 fully saturated rings. The van der Waals surface area contributed by atoms with Crippen molar-refractivity contribution in [1.29, 1.82) is 0 Å². The maximum atomic E-state index is 12.5. The molecule has 1 aromatic rings. The maximum absolute atomic E-state index is 12.5. The van der Waals surface area contributed by atoms with Crippen LogP contribution in [-0.2, 0) is 9.47 Å². The predicted octanol–water partition coefficient (Wildman–Crippen LogP) is -1.26. The van der Waals surface area contributed by atoms with E-state index in [4.69, 9.17) is 9.47 Å². The van der Waals surface area contributed by atoms with Gasteiger partial charge < -0.3 is 24.8 Å². The van der Waals surface area contributed by atoms with Gasteiger partial charge in [-0.25, -0.2) is 0 Å². The Hall–Kier alpha value is -1.84. The van der Waals surface area contributed by atoms with Gasteiger partial charge in [0, 0.05) is 7.11 Å². The molecule has 0 bridgehead atoms. The third kappa shape index (κ3) is 2.35. The van der Waals surface area contributed by atoms with Crippen molar-refractivity contribution in [1.82, 2.24) is 4.90 Å². The number of nitrogens with zero attached hydrogens (tertiary/aromatic N) is 1. The number of ether oxygens (including phenoxy) is 2. The highest BCUT2D eigenvalue weighted by molar-refractivity contribution is 6.21. The molecule has 3 N–H and O–H groups in total. The molecule has 1 saturated heterocycles. The Balaban J connectivity index is 1.97. The number of carbonyl (C=O) groups is 2. The highest BCUT2D eigenvalue weighted by Crippen LogP contribution is 2.32. The second kappa shape index (κ2) is 5.99. The van der Waals surface area contributed by atoms with Crippen molar-refractivity contribution in [3.8, 4) is 0 Å². The molecule has 2 amide bonds. The number of aliphatic hydroxyl groups excluding tert-OH is 3. The molecule has 3 rings (SSSR count). The largest absolute Gasteiger partial charge is 0.394 e. The zero-order chi connectivity index (χ0) is 16.7. The highest BCUT2D eigenvalue weighted by Gasteiger charge is 2.52. The smallest absolute Gasteiger partial charge is 0.262 e. The molecule has 2 aliphatic rings. The molecule has 2 heterocycles. The standard InChI is InChI=1S/C15H17NO7/c1-22-15-10(12(19)11(18)9(6-17)23-15)16-13(20)7-4-2-3-5-8(7)14(16)21/h2-5,9-12,15,17-19H,6H2,1H3. The van der Waals surface area contributed by atoms with Crippen LogP contribution in [0.5, 0.6) is 0 Å². The summed E-state index contributed by atoms with van der Waals surface area (Å²) in [4.78, 5) is 25.9. The van der Waals surface area contributed by atoms with E-state index >= 15 is 0 Å².